The van der Waals surface area contributed by atoms with Crippen molar-refractivity contribution in [3.63, 3.8) is 0 Å². The Kier molecular flexibility index (Phi) is 5.96. The van der Waals surface area contributed by atoms with Gasteiger partial charge in [0.2, 0.25) is 0 Å². The first-order chi connectivity index (χ1) is 10.6. The van der Waals surface area contributed by atoms with Crippen LogP contribution in [0.3, 0.4) is 0 Å². The average molecular weight is 298 g/mol. The fraction of sp³-hybridized carbons (Fsp3) is 0.421. The molecular weight excluding hydrogens is 272 g/mol. The smallest absolute Gasteiger partial charge is 0.149 e. The van der Waals surface area contributed by atoms with Crippen LogP contribution in [-0.2, 0) is 11.2 Å². The molecule has 1 aliphatic carbocycles. The number of carbonyl (C=O) groups is 1. The second kappa shape index (κ2) is 7.95. The first-order valence-electron chi connectivity index (χ1n) is 8.06. The van der Waals surface area contributed by atoms with Crippen LogP contribution >= 0.6 is 0 Å². The number of allylic oxidation sites excluding steroid dienone is 4. The van der Waals surface area contributed by atoms with Crippen LogP contribution in [0.5, 0.6) is 0 Å². The zero-order chi connectivity index (χ0) is 15.9. The van der Waals surface area contributed by atoms with Crippen LogP contribution < -0.4 is 5.73 Å². The number of hydrogen-bond acceptors (Lipinski definition) is 2. The molecule has 22 heavy (non-hydrogen) atoms. The molecule has 1 aromatic rings. The van der Waals surface area contributed by atoms with E-state index in [4.69, 9.17) is 5.73 Å². The number of nitrogens with two attached hydrogens (primary N) is 1. The monoisotopic (exact) mass is 298 g/mol. The summed E-state index contributed by atoms with van der Waals surface area (Å²) in [5.41, 5.74) is 9.77. The van der Waals surface area contributed by atoms with Crippen molar-refractivity contribution in [2.24, 2.45) is 5.73 Å². The number of fused-ring (bicyclic) bond motifs is 1. The fourth-order valence-electron chi connectivity index (χ4n) is 2.82. The van der Waals surface area contributed by atoms with Crippen molar-refractivity contribution in [1.82, 2.24) is 4.98 Å². The molecule has 0 bridgehead atoms. The molecule has 0 amide bonds. The van der Waals surface area contributed by atoms with Crippen LogP contribution in [0.15, 0.2) is 37.1 Å². The molecule has 1 aliphatic rings. The van der Waals surface area contributed by atoms with Gasteiger partial charge in [-0.05, 0) is 36.8 Å². The highest BCUT2D eigenvalue weighted by molar-refractivity contribution is 5.83. The third-order valence-corrected chi connectivity index (χ3v) is 4.21. The number of aromatic nitrogens is 1. The maximum Gasteiger partial charge on any atom is 0.149 e. The van der Waals surface area contributed by atoms with Gasteiger partial charge in [0.15, 0.2) is 0 Å². The Morgan fingerprint density at radius 1 is 1.55 bits per heavy atom. The van der Waals surface area contributed by atoms with E-state index >= 15 is 0 Å². The lowest BCUT2D eigenvalue weighted by atomic mass is 9.95. The Labute approximate surface area is 133 Å². The molecule has 2 unspecified atom stereocenters. The zero-order valence-electron chi connectivity index (χ0n) is 13.3. The number of aromatic amines is 1. The standard InChI is InChI=1S/C19H26N2O/c1-3-4-10-18(22)17(20)12-11-15-13-21-19-14(2)8-6-5-7-9-16(15)19/h3,6-9,13-14,17,21H,1,4-5,10-12,20H2,2H3/b8-6-,9-7-. The van der Waals surface area contributed by atoms with E-state index in [0.717, 1.165) is 12.8 Å². The van der Waals surface area contributed by atoms with Crippen molar-refractivity contribution in [2.75, 3.05) is 0 Å². The van der Waals surface area contributed by atoms with E-state index in [-0.39, 0.29) is 11.8 Å². The van der Waals surface area contributed by atoms with Crippen LogP contribution in [0.25, 0.3) is 6.08 Å². The summed E-state index contributed by atoms with van der Waals surface area (Å²) in [6.45, 7) is 5.83. The second-order valence-corrected chi connectivity index (χ2v) is 5.93. The number of Topliss-reactive ketones (excluding diaryl/α,β-unsaturated/α-hetero) is 1. The summed E-state index contributed by atoms with van der Waals surface area (Å²) in [6.07, 6.45) is 16.3. The van der Waals surface area contributed by atoms with Crippen molar-refractivity contribution in [2.45, 2.75) is 51.0 Å². The summed E-state index contributed by atoms with van der Waals surface area (Å²) in [5, 5.41) is 0. The van der Waals surface area contributed by atoms with Gasteiger partial charge in [-0.25, -0.2) is 0 Å². The van der Waals surface area contributed by atoms with Gasteiger partial charge in [0.1, 0.15) is 5.78 Å². The Morgan fingerprint density at radius 3 is 3.14 bits per heavy atom. The molecule has 3 heteroatoms. The number of H-pyrrole nitrogens is 1. The highest BCUT2D eigenvalue weighted by Crippen LogP contribution is 2.27. The minimum absolute atomic E-state index is 0.130. The molecule has 0 aromatic carbocycles. The number of nitrogens with one attached hydrogen (secondary N) is 1. The van der Waals surface area contributed by atoms with Crippen LogP contribution in [0.1, 0.15) is 55.3 Å². The van der Waals surface area contributed by atoms with Crippen LogP contribution in [0, 0.1) is 0 Å². The van der Waals surface area contributed by atoms with Gasteiger partial charge in [0, 0.05) is 24.2 Å². The van der Waals surface area contributed by atoms with Crippen molar-refractivity contribution in [1.29, 1.82) is 0 Å². The molecular formula is C19H26N2O. The second-order valence-electron chi connectivity index (χ2n) is 5.93. The summed E-state index contributed by atoms with van der Waals surface area (Å²) in [7, 11) is 0. The molecule has 1 heterocycles. The normalized spacial score (nSPS) is 21.3. The minimum atomic E-state index is -0.375. The lowest BCUT2D eigenvalue weighted by molar-refractivity contribution is -0.120. The van der Waals surface area contributed by atoms with Crippen molar-refractivity contribution in [3.05, 3.63) is 53.9 Å². The van der Waals surface area contributed by atoms with Gasteiger partial charge >= 0.3 is 0 Å². The van der Waals surface area contributed by atoms with Gasteiger partial charge in [-0.3, -0.25) is 4.79 Å². The van der Waals surface area contributed by atoms with E-state index in [1.807, 2.05) is 0 Å². The molecule has 3 N–H and O–H groups in total. The van der Waals surface area contributed by atoms with E-state index in [2.05, 4.69) is 49.0 Å². The third-order valence-electron chi connectivity index (χ3n) is 4.21. The molecule has 0 saturated heterocycles. The largest absolute Gasteiger partial charge is 0.364 e. The van der Waals surface area contributed by atoms with Gasteiger partial charge in [0.05, 0.1) is 6.04 Å². The van der Waals surface area contributed by atoms with E-state index in [1.165, 1.54) is 16.8 Å². The summed E-state index contributed by atoms with van der Waals surface area (Å²) in [6, 6.07) is -0.375. The SMILES string of the molecule is C=CCCC(=O)C(N)CCc1c[nH]c2c1/C=C\C/C=C\C2C. The molecule has 1 aromatic heterocycles. The van der Waals surface area contributed by atoms with Crippen molar-refractivity contribution >= 4 is 11.9 Å². The third kappa shape index (κ3) is 4.08. The van der Waals surface area contributed by atoms with Gasteiger partial charge < -0.3 is 10.7 Å². The Hall–Kier alpha value is -1.87. The molecule has 0 aliphatic heterocycles. The maximum absolute atomic E-state index is 11.9. The van der Waals surface area contributed by atoms with Gasteiger partial charge in [0.25, 0.3) is 0 Å². The number of ketones is 1. The van der Waals surface area contributed by atoms with Gasteiger partial charge in [-0.2, -0.15) is 0 Å². The molecule has 118 valence electrons. The first kappa shape index (κ1) is 16.5. The van der Waals surface area contributed by atoms with E-state index in [1.54, 1.807) is 6.08 Å². The van der Waals surface area contributed by atoms with E-state index < -0.39 is 0 Å². The summed E-state index contributed by atoms with van der Waals surface area (Å²) in [5.74, 6) is 0.516. The van der Waals surface area contributed by atoms with Crippen molar-refractivity contribution < 1.29 is 4.79 Å². The van der Waals surface area contributed by atoms with E-state index in [0.29, 0.717) is 25.2 Å². The molecule has 0 radical (unpaired) electrons. The zero-order valence-corrected chi connectivity index (χ0v) is 13.3. The highest BCUT2D eigenvalue weighted by atomic mass is 16.1. The Morgan fingerprint density at radius 2 is 2.36 bits per heavy atom. The number of carbonyl (C=O) groups excluding carboxylic acids is 1. The average Bonchev–Trinajstić information content (AvgIpc) is 2.90. The topological polar surface area (TPSA) is 58.9 Å². The number of rotatable bonds is 7. The maximum atomic E-state index is 11.9. The lowest BCUT2D eigenvalue weighted by Crippen LogP contribution is -2.30. The Balaban J connectivity index is 2.02. The highest BCUT2D eigenvalue weighted by Gasteiger charge is 2.17. The summed E-state index contributed by atoms with van der Waals surface area (Å²) < 4.78 is 0. The molecule has 2 atom stereocenters. The molecule has 0 saturated carbocycles. The Bertz CT molecular complexity index is 580. The van der Waals surface area contributed by atoms with Crippen LogP contribution in [0.4, 0.5) is 0 Å². The van der Waals surface area contributed by atoms with Gasteiger partial charge in [-0.15, -0.1) is 6.58 Å². The first-order valence-corrected chi connectivity index (χ1v) is 8.06. The predicted molar refractivity (Wildman–Crippen MR) is 92.7 cm³/mol. The minimum Gasteiger partial charge on any atom is -0.364 e. The summed E-state index contributed by atoms with van der Waals surface area (Å²) >= 11 is 0. The fourth-order valence-corrected chi connectivity index (χ4v) is 2.82. The van der Waals surface area contributed by atoms with E-state index in [9.17, 15) is 4.79 Å². The molecule has 3 nitrogen and oxygen atoms in total. The van der Waals surface area contributed by atoms with Crippen LogP contribution in [0.2, 0.25) is 0 Å². The summed E-state index contributed by atoms with van der Waals surface area (Å²) in [4.78, 5) is 15.3. The van der Waals surface area contributed by atoms with Gasteiger partial charge in [-0.1, -0.05) is 37.3 Å². The number of aryl methyl sites for hydroxylation is 1. The molecule has 2 rings (SSSR count). The molecule has 0 spiro atoms. The number of hydrogen-bond donors (Lipinski definition) is 2. The van der Waals surface area contributed by atoms with Crippen molar-refractivity contribution in [3.8, 4) is 0 Å². The lowest BCUT2D eigenvalue weighted by Gasteiger charge is -2.12. The molecule has 0 fully saturated rings. The quantitative estimate of drug-likeness (QED) is 0.750. The predicted octanol–water partition coefficient (Wildman–Crippen LogP) is 3.89. The van der Waals surface area contributed by atoms with Crippen LogP contribution in [-0.4, -0.2) is 16.8 Å².